The maximum atomic E-state index is 13.2. The van der Waals surface area contributed by atoms with Crippen molar-refractivity contribution in [2.45, 2.75) is 44.8 Å². The number of fused-ring (bicyclic) bond motifs is 3. The quantitative estimate of drug-likeness (QED) is 0.911. The Morgan fingerprint density at radius 1 is 1.48 bits per heavy atom. The van der Waals surface area contributed by atoms with Crippen LogP contribution in [0.15, 0.2) is 24.4 Å². The summed E-state index contributed by atoms with van der Waals surface area (Å²) in [6.07, 6.45) is 5.85. The second-order valence-electron chi connectivity index (χ2n) is 6.96. The number of amides is 1. The third-order valence-corrected chi connectivity index (χ3v) is 5.40. The highest BCUT2D eigenvalue weighted by Gasteiger charge is 2.53. The molecule has 1 aromatic carbocycles. The van der Waals surface area contributed by atoms with Crippen LogP contribution >= 0.6 is 0 Å². The number of hydrogen-bond donors (Lipinski definition) is 2. The van der Waals surface area contributed by atoms with E-state index in [0.717, 1.165) is 42.1 Å². The van der Waals surface area contributed by atoms with Crippen molar-refractivity contribution in [2.75, 3.05) is 6.54 Å². The zero-order chi connectivity index (χ0) is 16.0. The van der Waals surface area contributed by atoms with Gasteiger partial charge in [0.25, 0.3) is 0 Å². The Kier molecular flexibility index (Phi) is 3.41. The fourth-order valence-electron chi connectivity index (χ4n) is 4.05. The summed E-state index contributed by atoms with van der Waals surface area (Å²) in [5.74, 6) is -0.154. The van der Waals surface area contributed by atoms with Crippen molar-refractivity contribution in [1.29, 1.82) is 0 Å². The molecule has 1 amide bonds. The van der Waals surface area contributed by atoms with Gasteiger partial charge in [-0.15, -0.1) is 0 Å². The predicted molar refractivity (Wildman–Crippen MR) is 85.6 cm³/mol. The van der Waals surface area contributed by atoms with Gasteiger partial charge in [-0.25, -0.2) is 4.39 Å². The van der Waals surface area contributed by atoms with Crippen LogP contribution < -0.4 is 5.32 Å². The monoisotopic (exact) mass is 316 g/mol. The van der Waals surface area contributed by atoms with Crippen molar-refractivity contribution in [2.24, 2.45) is 5.41 Å². The van der Waals surface area contributed by atoms with Gasteiger partial charge in [-0.1, -0.05) is 0 Å². The van der Waals surface area contributed by atoms with Crippen LogP contribution in [0.5, 0.6) is 0 Å². The van der Waals surface area contributed by atoms with E-state index < -0.39 is 0 Å². The van der Waals surface area contributed by atoms with Crippen molar-refractivity contribution in [3.63, 3.8) is 0 Å². The van der Waals surface area contributed by atoms with Crippen molar-refractivity contribution in [1.82, 2.24) is 10.3 Å². The summed E-state index contributed by atoms with van der Waals surface area (Å²) < 4.78 is 19.0. The average Bonchev–Trinajstić information content (AvgIpc) is 3.21. The van der Waals surface area contributed by atoms with Crippen LogP contribution in [0.3, 0.4) is 0 Å². The number of halogens is 1. The molecule has 122 valence electrons. The summed E-state index contributed by atoms with van der Waals surface area (Å²) >= 11 is 0. The lowest BCUT2D eigenvalue weighted by Crippen LogP contribution is -2.45. The summed E-state index contributed by atoms with van der Waals surface area (Å²) in [6.45, 7) is 2.59. The van der Waals surface area contributed by atoms with Crippen LogP contribution in [0.4, 0.5) is 4.39 Å². The van der Waals surface area contributed by atoms with Gasteiger partial charge in [-0.3, -0.25) is 4.79 Å². The van der Waals surface area contributed by atoms with E-state index >= 15 is 0 Å². The van der Waals surface area contributed by atoms with Gasteiger partial charge in [-0.2, -0.15) is 0 Å². The number of rotatable bonds is 4. The van der Waals surface area contributed by atoms with E-state index in [9.17, 15) is 9.18 Å². The summed E-state index contributed by atoms with van der Waals surface area (Å²) in [6, 6.07) is 4.74. The number of aromatic amines is 1. The Morgan fingerprint density at radius 2 is 2.35 bits per heavy atom. The van der Waals surface area contributed by atoms with Gasteiger partial charge in [0, 0.05) is 23.6 Å². The molecular formula is C18H21FN2O2. The molecule has 2 aliphatic rings. The van der Waals surface area contributed by atoms with E-state index in [0.29, 0.717) is 6.54 Å². The molecule has 0 spiro atoms. The largest absolute Gasteiger partial charge is 0.374 e. The van der Waals surface area contributed by atoms with Gasteiger partial charge in [-0.05, 0) is 56.4 Å². The van der Waals surface area contributed by atoms with Crippen molar-refractivity contribution in [3.05, 3.63) is 35.8 Å². The molecule has 4 rings (SSSR count). The second kappa shape index (κ2) is 5.34. The number of carbonyl (C=O) groups is 1. The van der Waals surface area contributed by atoms with Crippen molar-refractivity contribution in [3.8, 4) is 0 Å². The molecule has 2 bridgehead atoms. The van der Waals surface area contributed by atoms with Crippen molar-refractivity contribution >= 4 is 16.8 Å². The highest BCUT2D eigenvalue weighted by molar-refractivity contribution is 5.84. The predicted octanol–water partition coefficient (Wildman–Crippen LogP) is 2.92. The second-order valence-corrected chi connectivity index (χ2v) is 6.96. The zero-order valence-electron chi connectivity index (χ0n) is 13.2. The van der Waals surface area contributed by atoms with E-state index in [1.165, 1.54) is 12.1 Å². The first kappa shape index (κ1) is 14.7. The van der Waals surface area contributed by atoms with Gasteiger partial charge >= 0.3 is 0 Å². The minimum absolute atomic E-state index is 0.0727. The molecule has 2 aromatic rings. The van der Waals surface area contributed by atoms with Gasteiger partial charge in [0.2, 0.25) is 5.91 Å². The van der Waals surface area contributed by atoms with E-state index in [-0.39, 0.29) is 29.3 Å². The molecule has 4 nitrogen and oxygen atoms in total. The van der Waals surface area contributed by atoms with Gasteiger partial charge in [0.1, 0.15) is 5.82 Å². The van der Waals surface area contributed by atoms with E-state index in [1.807, 2.05) is 13.1 Å². The summed E-state index contributed by atoms with van der Waals surface area (Å²) in [7, 11) is 0. The molecule has 2 N–H and O–H groups in total. The molecule has 0 aliphatic carbocycles. The maximum Gasteiger partial charge on any atom is 0.228 e. The van der Waals surface area contributed by atoms with Crippen molar-refractivity contribution < 1.29 is 13.9 Å². The minimum Gasteiger partial charge on any atom is -0.374 e. The topological polar surface area (TPSA) is 54.1 Å². The number of nitrogens with one attached hydrogen (secondary N) is 2. The first-order valence-electron chi connectivity index (χ1n) is 8.25. The molecule has 1 aromatic heterocycles. The Bertz CT molecular complexity index is 757. The average molecular weight is 316 g/mol. The van der Waals surface area contributed by atoms with Crippen LogP contribution in [0.1, 0.15) is 31.7 Å². The molecular weight excluding hydrogens is 295 g/mol. The molecule has 3 atom stereocenters. The Hall–Kier alpha value is -1.88. The Morgan fingerprint density at radius 3 is 3.09 bits per heavy atom. The summed E-state index contributed by atoms with van der Waals surface area (Å²) in [4.78, 5) is 15.6. The maximum absolute atomic E-state index is 13.2. The molecule has 5 heteroatoms. The third kappa shape index (κ3) is 2.43. The van der Waals surface area contributed by atoms with E-state index in [4.69, 9.17) is 4.74 Å². The van der Waals surface area contributed by atoms with Gasteiger partial charge in [0.15, 0.2) is 0 Å². The lowest BCUT2D eigenvalue weighted by atomic mass is 9.75. The highest BCUT2D eigenvalue weighted by atomic mass is 19.1. The van der Waals surface area contributed by atoms with E-state index in [1.54, 1.807) is 6.07 Å². The standard InChI is InChI=1S/C18H21FN2O2/c1-18(9-13-3-5-16(18)23-13)17(22)20-7-6-11-10-21-15-8-12(19)2-4-14(11)15/h2,4,8,10,13,16,21H,3,5-7,9H2,1H3,(H,20,22). The number of hydrogen-bond acceptors (Lipinski definition) is 2. The fraction of sp³-hybridized carbons (Fsp3) is 0.500. The zero-order valence-corrected chi connectivity index (χ0v) is 13.2. The third-order valence-electron chi connectivity index (χ3n) is 5.40. The SMILES string of the molecule is CC1(C(=O)NCCc2c[nH]c3cc(F)ccc23)CC2CCC1O2. The van der Waals surface area contributed by atoms with Gasteiger partial charge in [0.05, 0.1) is 17.6 Å². The van der Waals surface area contributed by atoms with Gasteiger partial charge < -0.3 is 15.0 Å². The number of aromatic nitrogens is 1. The number of benzene rings is 1. The number of carbonyl (C=O) groups excluding carboxylic acids is 1. The molecule has 2 aliphatic heterocycles. The highest BCUT2D eigenvalue weighted by Crippen LogP contribution is 2.47. The van der Waals surface area contributed by atoms with E-state index in [2.05, 4.69) is 10.3 Å². The molecule has 0 saturated carbocycles. The number of H-pyrrole nitrogens is 1. The summed E-state index contributed by atoms with van der Waals surface area (Å²) in [5, 5.41) is 4.07. The lowest BCUT2D eigenvalue weighted by molar-refractivity contribution is -0.132. The van der Waals surface area contributed by atoms with Crippen LogP contribution in [0.25, 0.3) is 10.9 Å². The Balaban J connectivity index is 1.39. The Labute approximate surface area is 134 Å². The molecule has 2 saturated heterocycles. The lowest BCUT2D eigenvalue weighted by Gasteiger charge is -2.29. The molecule has 2 fully saturated rings. The first-order valence-corrected chi connectivity index (χ1v) is 8.25. The normalized spacial score (nSPS) is 29.3. The van der Waals surface area contributed by atoms with Crippen LogP contribution in [-0.2, 0) is 16.0 Å². The molecule has 3 unspecified atom stereocenters. The number of ether oxygens (including phenoxy) is 1. The first-order chi connectivity index (χ1) is 11.1. The summed E-state index contributed by atoms with van der Waals surface area (Å²) in [5.41, 5.74) is 1.50. The minimum atomic E-state index is -0.383. The molecule has 0 radical (unpaired) electrons. The smallest absolute Gasteiger partial charge is 0.228 e. The van der Waals surface area contributed by atoms with Crippen LogP contribution in [0.2, 0.25) is 0 Å². The van der Waals surface area contributed by atoms with Crippen LogP contribution in [-0.4, -0.2) is 29.6 Å². The molecule has 23 heavy (non-hydrogen) atoms. The van der Waals surface area contributed by atoms with Crippen LogP contribution in [0, 0.1) is 11.2 Å². The molecule has 3 heterocycles. The fourth-order valence-corrected chi connectivity index (χ4v) is 4.05.